The van der Waals surface area contributed by atoms with Gasteiger partial charge in [0.05, 0.1) is 6.04 Å². The number of carbonyl (C=O) groups is 2. The van der Waals surface area contributed by atoms with Crippen LogP contribution in [0.1, 0.15) is 50.6 Å². The van der Waals surface area contributed by atoms with E-state index in [0.717, 1.165) is 37.7 Å². The summed E-state index contributed by atoms with van der Waals surface area (Å²) in [5.41, 5.74) is 1.07. The molecule has 2 N–H and O–H groups in total. The molecule has 0 unspecified atom stereocenters. The zero-order valence-corrected chi connectivity index (χ0v) is 14.1. The van der Waals surface area contributed by atoms with Gasteiger partial charge in [-0.2, -0.15) is 0 Å². The van der Waals surface area contributed by atoms with Crippen LogP contribution >= 0.6 is 11.6 Å². The first kappa shape index (κ1) is 16.3. The fourth-order valence-electron chi connectivity index (χ4n) is 2.92. The number of hydrogen-bond acceptors (Lipinski definition) is 2. The monoisotopic (exact) mass is 334 g/mol. The minimum atomic E-state index is -0.503. The molecule has 0 spiro atoms. The molecule has 124 valence electrons. The van der Waals surface area contributed by atoms with E-state index in [-0.39, 0.29) is 23.8 Å². The van der Waals surface area contributed by atoms with Crippen LogP contribution in [0.5, 0.6) is 0 Å². The smallest absolute Gasteiger partial charge is 0.242 e. The summed E-state index contributed by atoms with van der Waals surface area (Å²) in [5.74, 6) is 0.466. The van der Waals surface area contributed by atoms with Crippen LogP contribution in [0.3, 0.4) is 0 Å². The predicted octanol–water partition coefficient (Wildman–Crippen LogP) is 3.21. The van der Waals surface area contributed by atoms with Crippen LogP contribution < -0.4 is 10.6 Å². The Balaban J connectivity index is 1.59. The molecule has 0 aliphatic heterocycles. The maximum Gasteiger partial charge on any atom is 0.242 e. The number of rotatable bonds is 6. The van der Waals surface area contributed by atoms with E-state index in [2.05, 4.69) is 10.6 Å². The topological polar surface area (TPSA) is 58.2 Å². The van der Waals surface area contributed by atoms with Gasteiger partial charge in [-0.05, 0) is 56.2 Å². The van der Waals surface area contributed by atoms with E-state index in [1.165, 1.54) is 0 Å². The third-order valence-corrected chi connectivity index (χ3v) is 5.10. The lowest BCUT2D eigenvalue weighted by atomic mass is 9.84. The molecule has 2 aliphatic carbocycles. The Morgan fingerprint density at radius 2 is 1.74 bits per heavy atom. The Kier molecular flexibility index (Phi) is 4.90. The third kappa shape index (κ3) is 4.05. The summed E-state index contributed by atoms with van der Waals surface area (Å²) in [4.78, 5) is 24.4. The molecule has 4 nitrogen and oxygen atoms in total. The quantitative estimate of drug-likeness (QED) is 0.839. The minimum absolute atomic E-state index is 0.00261. The van der Waals surface area contributed by atoms with Crippen molar-refractivity contribution in [2.24, 2.45) is 11.8 Å². The van der Waals surface area contributed by atoms with Crippen LogP contribution in [0.15, 0.2) is 24.3 Å². The average Bonchev–Trinajstić information content (AvgIpc) is 3.28. The lowest BCUT2D eigenvalue weighted by Crippen LogP contribution is -2.48. The summed E-state index contributed by atoms with van der Waals surface area (Å²) in [5, 5.41) is 6.62. The van der Waals surface area contributed by atoms with Gasteiger partial charge in [0.1, 0.15) is 6.04 Å². The first-order valence-electron chi connectivity index (χ1n) is 8.41. The van der Waals surface area contributed by atoms with E-state index in [0.29, 0.717) is 10.9 Å². The maximum atomic E-state index is 12.4. The van der Waals surface area contributed by atoms with Crippen LogP contribution in [0.4, 0.5) is 0 Å². The number of hydrogen-bond donors (Lipinski definition) is 2. The highest BCUT2D eigenvalue weighted by Crippen LogP contribution is 2.41. The van der Waals surface area contributed by atoms with Gasteiger partial charge in [0.25, 0.3) is 0 Å². The molecule has 0 radical (unpaired) electrons. The first-order valence-corrected chi connectivity index (χ1v) is 8.78. The molecule has 2 saturated carbocycles. The number of nitrogens with one attached hydrogen (secondary N) is 2. The fraction of sp³-hybridized carbons (Fsp3) is 0.556. The highest BCUT2D eigenvalue weighted by Gasteiger charge is 2.35. The Morgan fingerprint density at radius 3 is 2.26 bits per heavy atom. The summed E-state index contributed by atoms with van der Waals surface area (Å²) < 4.78 is 0. The molecule has 0 heterocycles. The summed E-state index contributed by atoms with van der Waals surface area (Å²) >= 11 is 5.94. The highest BCUT2D eigenvalue weighted by molar-refractivity contribution is 6.30. The van der Waals surface area contributed by atoms with E-state index < -0.39 is 6.04 Å². The van der Waals surface area contributed by atoms with Gasteiger partial charge in [-0.15, -0.1) is 0 Å². The lowest BCUT2D eigenvalue weighted by molar-refractivity contribution is -0.132. The molecule has 0 aromatic heterocycles. The molecule has 1 aromatic rings. The van der Waals surface area contributed by atoms with Gasteiger partial charge < -0.3 is 10.6 Å². The van der Waals surface area contributed by atoms with Crippen molar-refractivity contribution < 1.29 is 9.59 Å². The summed E-state index contributed by atoms with van der Waals surface area (Å²) in [7, 11) is 0. The Labute approximate surface area is 142 Å². The van der Waals surface area contributed by atoms with Gasteiger partial charge in [-0.3, -0.25) is 9.59 Å². The lowest BCUT2D eigenvalue weighted by Gasteiger charge is -2.27. The van der Waals surface area contributed by atoms with Crippen molar-refractivity contribution in [1.29, 1.82) is 0 Å². The van der Waals surface area contributed by atoms with Crippen molar-refractivity contribution in [2.75, 3.05) is 0 Å². The van der Waals surface area contributed by atoms with Crippen molar-refractivity contribution in [2.45, 2.75) is 51.1 Å². The molecule has 2 atom stereocenters. The van der Waals surface area contributed by atoms with E-state index >= 15 is 0 Å². The zero-order valence-electron chi connectivity index (χ0n) is 13.3. The van der Waals surface area contributed by atoms with Gasteiger partial charge in [-0.1, -0.05) is 30.2 Å². The molecule has 3 rings (SSSR count). The van der Waals surface area contributed by atoms with Gasteiger partial charge >= 0.3 is 0 Å². The fourth-order valence-corrected chi connectivity index (χ4v) is 3.04. The molecule has 2 amide bonds. The van der Waals surface area contributed by atoms with Crippen molar-refractivity contribution >= 4 is 23.4 Å². The molecule has 0 saturated heterocycles. The standard InChI is InChI=1S/C18H23ClN2O2/c1-11(20-18(23)14-3-2-4-14)17(22)21-16(12-5-6-12)13-7-9-15(19)10-8-13/h7-12,14,16H,2-6H2,1H3,(H,20,23)(H,21,22)/t11-,16+/m0/s1. The normalized spacial score (nSPS) is 20.3. The number of carbonyl (C=O) groups excluding carboxylic acids is 2. The van der Waals surface area contributed by atoms with Crippen LogP contribution in [-0.4, -0.2) is 17.9 Å². The Bertz CT molecular complexity index is 579. The second-order valence-electron chi connectivity index (χ2n) is 6.73. The molecular formula is C18H23ClN2O2. The summed E-state index contributed by atoms with van der Waals surface area (Å²) in [6.45, 7) is 1.75. The SMILES string of the molecule is C[C@H](NC(=O)C1CCC1)C(=O)N[C@@H](c1ccc(Cl)cc1)C1CC1. The predicted molar refractivity (Wildman–Crippen MR) is 90.0 cm³/mol. The summed E-state index contributed by atoms with van der Waals surface area (Å²) in [6, 6.07) is 7.12. The number of benzene rings is 1. The van der Waals surface area contributed by atoms with Crippen LogP contribution in [0.2, 0.25) is 5.02 Å². The van der Waals surface area contributed by atoms with Gasteiger partial charge in [0.15, 0.2) is 0 Å². The molecule has 0 bridgehead atoms. The molecule has 5 heteroatoms. The van der Waals surface area contributed by atoms with E-state index in [9.17, 15) is 9.59 Å². The van der Waals surface area contributed by atoms with Crippen molar-refractivity contribution in [1.82, 2.24) is 10.6 Å². The van der Waals surface area contributed by atoms with Crippen molar-refractivity contribution in [3.05, 3.63) is 34.9 Å². The maximum absolute atomic E-state index is 12.4. The Morgan fingerprint density at radius 1 is 1.09 bits per heavy atom. The van der Waals surface area contributed by atoms with E-state index in [1.807, 2.05) is 24.3 Å². The third-order valence-electron chi connectivity index (χ3n) is 4.85. The molecule has 23 heavy (non-hydrogen) atoms. The highest BCUT2D eigenvalue weighted by atomic mass is 35.5. The molecular weight excluding hydrogens is 312 g/mol. The average molecular weight is 335 g/mol. The van der Waals surface area contributed by atoms with E-state index in [4.69, 9.17) is 11.6 Å². The first-order chi connectivity index (χ1) is 11.0. The van der Waals surface area contributed by atoms with Crippen molar-refractivity contribution in [3.63, 3.8) is 0 Å². The molecule has 2 aliphatic rings. The second kappa shape index (κ2) is 6.91. The Hall–Kier alpha value is -1.55. The van der Waals surface area contributed by atoms with Crippen molar-refractivity contribution in [3.8, 4) is 0 Å². The van der Waals surface area contributed by atoms with Crippen LogP contribution in [-0.2, 0) is 9.59 Å². The van der Waals surface area contributed by atoms with Gasteiger partial charge in [-0.25, -0.2) is 0 Å². The second-order valence-corrected chi connectivity index (χ2v) is 7.17. The number of amides is 2. The van der Waals surface area contributed by atoms with Gasteiger partial charge in [0, 0.05) is 10.9 Å². The minimum Gasteiger partial charge on any atom is -0.347 e. The largest absolute Gasteiger partial charge is 0.347 e. The summed E-state index contributed by atoms with van der Waals surface area (Å²) in [6.07, 6.45) is 5.23. The molecule has 2 fully saturated rings. The van der Waals surface area contributed by atoms with E-state index in [1.54, 1.807) is 6.92 Å². The van der Waals surface area contributed by atoms with Crippen LogP contribution in [0.25, 0.3) is 0 Å². The molecule has 1 aromatic carbocycles. The van der Waals surface area contributed by atoms with Crippen LogP contribution in [0, 0.1) is 11.8 Å². The van der Waals surface area contributed by atoms with Gasteiger partial charge in [0.2, 0.25) is 11.8 Å². The number of halogens is 1. The zero-order chi connectivity index (χ0) is 16.4.